The number of methoxy groups -OCH3 is 1. The first-order valence-electron chi connectivity index (χ1n) is 7.30. The van der Waals surface area contributed by atoms with Crippen molar-refractivity contribution in [2.24, 2.45) is 0 Å². The topological polar surface area (TPSA) is 58.6 Å². The van der Waals surface area contributed by atoms with Crippen LogP contribution in [0.3, 0.4) is 0 Å². The predicted molar refractivity (Wildman–Crippen MR) is 101 cm³/mol. The summed E-state index contributed by atoms with van der Waals surface area (Å²) in [4.78, 5) is 26.3. The van der Waals surface area contributed by atoms with E-state index in [0.29, 0.717) is 22.0 Å². The van der Waals surface area contributed by atoms with Crippen LogP contribution < -0.4 is 15.0 Å². The molecule has 2 aromatic rings. The Bertz CT molecular complexity index is 876. The largest absolute Gasteiger partial charge is 0.497 e. The van der Waals surface area contributed by atoms with E-state index in [1.165, 1.54) is 11.0 Å². The molecule has 2 amide bonds. The van der Waals surface area contributed by atoms with E-state index in [1.54, 1.807) is 55.6 Å². The highest BCUT2D eigenvalue weighted by Gasteiger charge is 2.34. The molecule has 7 heteroatoms. The molecule has 0 aliphatic carbocycles. The van der Waals surface area contributed by atoms with Gasteiger partial charge in [0.05, 0.1) is 12.8 Å². The Morgan fingerprint density at radius 3 is 2.32 bits per heavy atom. The lowest BCUT2D eigenvalue weighted by molar-refractivity contribution is -0.122. The molecule has 0 aromatic heterocycles. The fraction of sp³-hybridized carbons (Fsp3) is 0.0556. The number of carbonyl (C=O) groups excluding carboxylic acids is 2. The number of nitrogens with one attached hydrogen (secondary N) is 1. The molecule has 0 unspecified atom stereocenters. The van der Waals surface area contributed by atoms with Crippen molar-refractivity contribution in [3.8, 4) is 5.75 Å². The van der Waals surface area contributed by atoms with Gasteiger partial charge in [0.25, 0.3) is 11.8 Å². The third-order valence-corrected chi connectivity index (χ3v) is 4.15. The number of thiocarbonyl (C=S) groups is 1. The summed E-state index contributed by atoms with van der Waals surface area (Å²) >= 11 is 11.0. The maximum absolute atomic E-state index is 12.8. The predicted octanol–water partition coefficient (Wildman–Crippen LogP) is 3.18. The van der Waals surface area contributed by atoms with Crippen molar-refractivity contribution >= 4 is 52.5 Å². The molecule has 25 heavy (non-hydrogen) atoms. The second kappa shape index (κ2) is 7.04. The van der Waals surface area contributed by atoms with Gasteiger partial charge in [-0.3, -0.25) is 19.8 Å². The molecule has 0 saturated carbocycles. The molecule has 0 atom stereocenters. The number of benzene rings is 2. The van der Waals surface area contributed by atoms with E-state index in [1.807, 2.05) is 0 Å². The number of amides is 2. The average molecular weight is 373 g/mol. The first kappa shape index (κ1) is 17.1. The zero-order valence-electron chi connectivity index (χ0n) is 13.2. The van der Waals surface area contributed by atoms with Crippen molar-refractivity contribution < 1.29 is 14.3 Å². The van der Waals surface area contributed by atoms with E-state index in [9.17, 15) is 9.59 Å². The lowest BCUT2D eigenvalue weighted by atomic mass is 10.1. The van der Waals surface area contributed by atoms with Gasteiger partial charge in [-0.1, -0.05) is 23.7 Å². The second-order valence-electron chi connectivity index (χ2n) is 5.21. The highest BCUT2D eigenvalue weighted by molar-refractivity contribution is 7.80. The smallest absolute Gasteiger partial charge is 0.270 e. The number of nitrogens with zero attached hydrogens (tertiary/aromatic N) is 1. The molecule has 0 spiro atoms. The van der Waals surface area contributed by atoms with Gasteiger partial charge >= 0.3 is 0 Å². The molecule has 2 aromatic carbocycles. The second-order valence-corrected chi connectivity index (χ2v) is 6.03. The molecule has 1 N–H and O–H groups in total. The van der Waals surface area contributed by atoms with E-state index in [2.05, 4.69) is 5.32 Å². The van der Waals surface area contributed by atoms with Crippen LogP contribution in [0.25, 0.3) is 6.08 Å². The van der Waals surface area contributed by atoms with Crippen molar-refractivity contribution in [3.05, 3.63) is 64.7 Å². The average Bonchev–Trinajstić information content (AvgIpc) is 2.60. The number of ether oxygens (including phenoxy) is 1. The Kier molecular flexibility index (Phi) is 4.83. The summed E-state index contributed by atoms with van der Waals surface area (Å²) in [6.07, 6.45) is 1.52. The highest BCUT2D eigenvalue weighted by atomic mass is 35.5. The minimum Gasteiger partial charge on any atom is -0.497 e. The first-order chi connectivity index (χ1) is 12.0. The minimum atomic E-state index is -0.531. The molecular formula is C18H13ClN2O3S. The number of carbonyl (C=O) groups is 2. The van der Waals surface area contributed by atoms with E-state index in [4.69, 9.17) is 28.6 Å². The summed E-state index contributed by atoms with van der Waals surface area (Å²) in [5, 5.41) is 3.11. The zero-order valence-corrected chi connectivity index (χ0v) is 14.7. The van der Waals surface area contributed by atoms with Crippen LogP contribution in [0.4, 0.5) is 5.69 Å². The maximum atomic E-state index is 12.8. The monoisotopic (exact) mass is 372 g/mol. The van der Waals surface area contributed by atoms with E-state index in [-0.39, 0.29) is 10.7 Å². The molecule has 0 radical (unpaired) electrons. The molecule has 5 nitrogen and oxygen atoms in total. The molecular weight excluding hydrogens is 360 g/mol. The van der Waals surface area contributed by atoms with Gasteiger partial charge < -0.3 is 4.74 Å². The number of hydrogen-bond acceptors (Lipinski definition) is 4. The Balaban J connectivity index is 1.97. The zero-order chi connectivity index (χ0) is 18.0. The van der Waals surface area contributed by atoms with Gasteiger partial charge in [0.15, 0.2) is 5.11 Å². The Labute approximate surface area is 154 Å². The van der Waals surface area contributed by atoms with Gasteiger partial charge in [0.2, 0.25) is 0 Å². The van der Waals surface area contributed by atoms with E-state index in [0.717, 1.165) is 0 Å². The van der Waals surface area contributed by atoms with Gasteiger partial charge in [-0.15, -0.1) is 0 Å². The molecule has 1 fully saturated rings. The summed E-state index contributed by atoms with van der Waals surface area (Å²) in [7, 11) is 1.57. The summed E-state index contributed by atoms with van der Waals surface area (Å²) in [5.74, 6) is -0.339. The van der Waals surface area contributed by atoms with Crippen LogP contribution >= 0.6 is 23.8 Å². The van der Waals surface area contributed by atoms with Gasteiger partial charge in [-0.05, 0) is 60.3 Å². The fourth-order valence-electron chi connectivity index (χ4n) is 2.35. The number of anilines is 1. The van der Waals surface area contributed by atoms with Crippen LogP contribution in [0.5, 0.6) is 5.75 Å². The Morgan fingerprint density at radius 1 is 1.08 bits per heavy atom. The molecule has 1 saturated heterocycles. The van der Waals surface area contributed by atoms with Crippen molar-refractivity contribution in [1.82, 2.24) is 5.32 Å². The van der Waals surface area contributed by atoms with Gasteiger partial charge in [-0.25, -0.2) is 0 Å². The number of halogens is 1. The highest BCUT2D eigenvalue weighted by Crippen LogP contribution is 2.24. The maximum Gasteiger partial charge on any atom is 0.270 e. The Hall–Kier alpha value is -2.70. The van der Waals surface area contributed by atoms with Crippen molar-refractivity contribution in [1.29, 1.82) is 0 Å². The van der Waals surface area contributed by atoms with Crippen LogP contribution in [-0.4, -0.2) is 24.0 Å². The van der Waals surface area contributed by atoms with Gasteiger partial charge in [-0.2, -0.15) is 0 Å². The quantitative estimate of drug-likeness (QED) is 0.510. The van der Waals surface area contributed by atoms with Crippen LogP contribution in [0.15, 0.2) is 54.1 Å². The van der Waals surface area contributed by atoms with Crippen molar-refractivity contribution in [2.45, 2.75) is 0 Å². The molecule has 1 heterocycles. The fourth-order valence-corrected chi connectivity index (χ4v) is 2.76. The summed E-state index contributed by atoms with van der Waals surface area (Å²) in [5.41, 5.74) is 1.22. The standard InChI is InChI=1S/C18H13ClN2O3S/c1-24-14-8-2-11(3-9-14)10-15-16(22)20-18(25)21(17(15)23)13-6-4-12(19)5-7-13/h2-10H,1H3,(H,20,22,25)/b15-10-. The molecule has 126 valence electrons. The van der Waals surface area contributed by atoms with Gasteiger partial charge in [0, 0.05) is 5.02 Å². The third-order valence-electron chi connectivity index (χ3n) is 3.61. The minimum absolute atomic E-state index is 0.00582. The van der Waals surface area contributed by atoms with Crippen LogP contribution in [-0.2, 0) is 9.59 Å². The van der Waals surface area contributed by atoms with Crippen LogP contribution in [0.2, 0.25) is 5.02 Å². The molecule has 3 rings (SSSR count). The molecule has 1 aliphatic heterocycles. The summed E-state index contributed by atoms with van der Waals surface area (Å²) in [6, 6.07) is 13.6. The van der Waals surface area contributed by atoms with E-state index >= 15 is 0 Å². The van der Waals surface area contributed by atoms with Crippen molar-refractivity contribution in [3.63, 3.8) is 0 Å². The lowest BCUT2D eigenvalue weighted by Gasteiger charge is -2.28. The Morgan fingerprint density at radius 2 is 1.72 bits per heavy atom. The number of rotatable bonds is 3. The van der Waals surface area contributed by atoms with Crippen molar-refractivity contribution in [2.75, 3.05) is 12.0 Å². The molecule has 1 aliphatic rings. The first-order valence-corrected chi connectivity index (χ1v) is 8.09. The SMILES string of the molecule is COc1ccc(/C=C2/C(=O)NC(=S)N(c3ccc(Cl)cc3)C2=O)cc1. The third kappa shape index (κ3) is 3.55. The van der Waals surface area contributed by atoms with Crippen LogP contribution in [0.1, 0.15) is 5.56 Å². The molecule has 0 bridgehead atoms. The lowest BCUT2D eigenvalue weighted by Crippen LogP contribution is -2.54. The summed E-state index contributed by atoms with van der Waals surface area (Å²) < 4.78 is 5.10. The number of hydrogen-bond donors (Lipinski definition) is 1. The summed E-state index contributed by atoms with van der Waals surface area (Å²) in [6.45, 7) is 0. The van der Waals surface area contributed by atoms with E-state index < -0.39 is 11.8 Å². The van der Waals surface area contributed by atoms with Gasteiger partial charge in [0.1, 0.15) is 11.3 Å². The van der Waals surface area contributed by atoms with Crippen LogP contribution in [0, 0.1) is 0 Å². The normalized spacial score (nSPS) is 16.2.